The third kappa shape index (κ3) is 2.98. The molecule has 1 aliphatic carbocycles. The number of methoxy groups -OCH3 is 2. The zero-order chi connectivity index (χ0) is 14.7. The average molecular weight is 276 g/mol. The molecule has 0 spiro atoms. The summed E-state index contributed by atoms with van der Waals surface area (Å²) in [5, 5.41) is 10.8. The Bertz CT molecular complexity index is 471. The van der Waals surface area contributed by atoms with E-state index >= 15 is 0 Å². The van der Waals surface area contributed by atoms with Crippen LogP contribution in [0, 0.1) is 11.8 Å². The van der Waals surface area contributed by atoms with Gasteiger partial charge in [0.25, 0.3) is 0 Å². The van der Waals surface area contributed by atoms with Crippen molar-refractivity contribution in [3.8, 4) is 11.5 Å². The zero-order valence-electron chi connectivity index (χ0n) is 12.7. The van der Waals surface area contributed by atoms with Gasteiger partial charge in [0, 0.05) is 0 Å². The second kappa shape index (κ2) is 6.31. The van der Waals surface area contributed by atoms with Gasteiger partial charge in [-0.1, -0.05) is 24.6 Å². The molecule has 3 nitrogen and oxygen atoms in total. The maximum atomic E-state index is 10.8. The molecule has 3 atom stereocenters. The lowest BCUT2D eigenvalue weighted by atomic mass is 9.78. The van der Waals surface area contributed by atoms with E-state index in [1.807, 2.05) is 18.2 Å². The van der Waals surface area contributed by atoms with E-state index in [1.165, 1.54) is 5.57 Å². The highest BCUT2D eigenvalue weighted by atomic mass is 16.5. The van der Waals surface area contributed by atoms with Crippen LogP contribution in [0.2, 0.25) is 0 Å². The number of aliphatic hydroxyl groups is 1. The molecule has 0 saturated heterocycles. The number of aliphatic hydroxyl groups excluding tert-OH is 1. The van der Waals surface area contributed by atoms with Crippen LogP contribution >= 0.6 is 0 Å². The topological polar surface area (TPSA) is 38.7 Å². The maximum absolute atomic E-state index is 10.8. The Hall–Kier alpha value is -1.48. The number of ether oxygens (including phenoxy) is 2. The van der Waals surface area contributed by atoms with E-state index in [2.05, 4.69) is 19.9 Å². The first kappa shape index (κ1) is 14.9. The Morgan fingerprint density at radius 1 is 1.20 bits per heavy atom. The molecule has 0 heterocycles. The molecule has 0 aromatic heterocycles. The zero-order valence-corrected chi connectivity index (χ0v) is 12.7. The van der Waals surface area contributed by atoms with Gasteiger partial charge >= 0.3 is 0 Å². The smallest absolute Gasteiger partial charge is 0.128 e. The maximum Gasteiger partial charge on any atom is 0.128 e. The van der Waals surface area contributed by atoms with Crippen LogP contribution in [0.4, 0.5) is 0 Å². The van der Waals surface area contributed by atoms with Crippen molar-refractivity contribution in [2.75, 3.05) is 14.2 Å². The lowest BCUT2D eigenvalue weighted by Crippen LogP contribution is -2.20. The highest BCUT2D eigenvalue weighted by molar-refractivity contribution is 5.46. The normalized spacial score (nSPS) is 23.9. The van der Waals surface area contributed by atoms with Crippen LogP contribution in [-0.4, -0.2) is 19.3 Å². The van der Waals surface area contributed by atoms with E-state index in [0.29, 0.717) is 17.4 Å². The van der Waals surface area contributed by atoms with Crippen molar-refractivity contribution in [2.24, 2.45) is 11.8 Å². The summed E-state index contributed by atoms with van der Waals surface area (Å²) in [7, 11) is 3.25. The fraction of sp³-hybridized carbons (Fsp3) is 0.529. The Kier molecular flexibility index (Phi) is 4.71. The minimum atomic E-state index is -0.563. The van der Waals surface area contributed by atoms with Gasteiger partial charge in [0.2, 0.25) is 0 Å². The molecular weight excluding hydrogens is 252 g/mol. The van der Waals surface area contributed by atoms with Crippen LogP contribution < -0.4 is 9.47 Å². The van der Waals surface area contributed by atoms with Crippen LogP contribution in [-0.2, 0) is 0 Å². The molecule has 1 N–H and O–H groups in total. The SMILES string of the molecule is COc1cccc(OC)c1C(O)C1CC(C)=CC(C)C1. The van der Waals surface area contributed by atoms with Crippen molar-refractivity contribution in [3.63, 3.8) is 0 Å². The van der Waals surface area contributed by atoms with Gasteiger partial charge < -0.3 is 14.6 Å². The Labute approximate surface area is 121 Å². The molecule has 0 aliphatic heterocycles. The summed E-state index contributed by atoms with van der Waals surface area (Å²) < 4.78 is 10.8. The molecular formula is C17H24O3. The van der Waals surface area contributed by atoms with Gasteiger partial charge in [-0.2, -0.15) is 0 Å². The summed E-state index contributed by atoms with van der Waals surface area (Å²) >= 11 is 0. The first-order valence-electron chi connectivity index (χ1n) is 7.13. The molecule has 1 aromatic carbocycles. The van der Waals surface area contributed by atoms with Crippen molar-refractivity contribution in [2.45, 2.75) is 32.8 Å². The van der Waals surface area contributed by atoms with E-state index in [1.54, 1.807) is 14.2 Å². The molecule has 110 valence electrons. The summed E-state index contributed by atoms with van der Waals surface area (Å²) in [6.07, 6.45) is 3.64. The number of benzene rings is 1. The molecule has 3 heteroatoms. The molecule has 3 unspecified atom stereocenters. The molecule has 0 fully saturated rings. The van der Waals surface area contributed by atoms with E-state index in [-0.39, 0.29) is 5.92 Å². The first-order valence-corrected chi connectivity index (χ1v) is 7.13. The summed E-state index contributed by atoms with van der Waals surface area (Å²) in [5.41, 5.74) is 2.12. The fourth-order valence-electron chi connectivity index (χ4n) is 3.24. The minimum absolute atomic E-state index is 0.209. The Balaban J connectivity index is 2.33. The molecule has 0 radical (unpaired) electrons. The predicted octanol–water partition coefficient (Wildman–Crippen LogP) is 3.73. The van der Waals surface area contributed by atoms with Crippen LogP contribution in [0.3, 0.4) is 0 Å². The highest BCUT2D eigenvalue weighted by Gasteiger charge is 2.30. The standard InChI is InChI=1S/C17H24O3/c1-11-8-12(2)10-13(9-11)17(18)16-14(19-3)6-5-7-15(16)20-4/h5-8,11,13,17-18H,9-10H2,1-4H3. The largest absolute Gasteiger partial charge is 0.496 e. The molecule has 0 amide bonds. The summed E-state index contributed by atoms with van der Waals surface area (Å²) in [5.74, 6) is 2.10. The Morgan fingerprint density at radius 2 is 1.80 bits per heavy atom. The molecule has 0 saturated carbocycles. The monoisotopic (exact) mass is 276 g/mol. The van der Waals surface area contributed by atoms with Crippen LogP contribution in [0.25, 0.3) is 0 Å². The molecule has 0 bridgehead atoms. The second-order valence-electron chi connectivity index (χ2n) is 5.71. The molecule has 1 aliphatic rings. The van der Waals surface area contributed by atoms with Crippen LogP contribution in [0.15, 0.2) is 29.8 Å². The molecule has 20 heavy (non-hydrogen) atoms. The number of allylic oxidation sites excluding steroid dienone is 2. The van der Waals surface area contributed by atoms with Gasteiger partial charge in [0.05, 0.1) is 25.9 Å². The van der Waals surface area contributed by atoms with Crippen molar-refractivity contribution in [1.82, 2.24) is 0 Å². The second-order valence-corrected chi connectivity index (χ2v) is 5.71. The molecule has 1 aromatic rings. The van der Waals surface area contributed by atoms with Crippen molar-refractivity contribution in [3.05, 3.63) is 35.4 Å². The van der Waals surface area contributed by atoms with Gasteiger partial charge in [-0.15, -0.1) is 0 Å². The lowest BCUT2D eigenvalue weighted by molar-refractivity contribution is 0.0880. The van der Waals surface area contributed by atoms with Gasteiger partial charge in [-0.25, -0.2) is 0 Å². The highest BCUT2D eigenvalue weighted by Crippen LogP contribution is 2.43. The summed E-state index contributed by atoms with van der Waals surface area (Å²) in [6.45, 7) is 4.33. The molecule has 2 rings (SSSR count). The van der Waals surface area contributed by atoms with E-state index in [0.717, 1.165) is 18.4 Å². The first-order chi connectivity index (χ1) is 9.56. The van der Waals surface area contributed by atoms with Gasteiger partial charge in [0.15, 0.2) is 0 Å². The summed E-state index contributed by atoms with van der Waals surface area (Å²) in [6, 6.07) is 5.62. The van der Waals surface area contributed by atoms with E-state index in [4.69, 9.17) is 9.47 Å². The van der Waals surface area contributed by atoms with Gasteiger partial charge in [-0.3, -0.25) is 0 Å². The van der Waals surface area contributed by atoms with E-state index in [9.17, 15) is 5.11 Å². The predicted molar refractivity (Wildman–Crippen MR) is 80.2 cm³/mol. The quantitative estimate of drug-likeness (QED) is 0.852. The number of rotatable bonds is 4. The fourth-order valence-corrected chi connectivity index (χ4v) is 3.24. The third-order valence-electron chi connectivity index (χ3n) is 4.04. The van der Waals surface area contributed by atoms with Crippen LogP contribution in [0.5, 0.6) is 11.5 Å². The third-order valence-corrected chi connectivity index (χ3v) is 4.04. The van der Waals surface area contributed by atoms with Crippen molar-refractivity contribution < 1.29 is 14.6 Å². The van der Waals surface area contributed by atoms with Gasteiger partial charge in [-0.05, 0) is 43.7 Å². The van der Waals surface area contributed by atoms with Crippen molar-refractivity contribution in [1.29, 1.82) is 0 Å². The van der Waals surface area contributed by atoms with E-state index < -0.39 is 6.10 Å². The van der Waals surface area contributed by atoms with Gasteiger partial charge in [0.1, 0.15) is 11.5 Å². The lowest BCUT2D eigenvalue weighted by Gasteiger charge is -2.31. The minimum Gasteiger partial charge on any atom is -0.496 e. The van der Waals surface area contributed by atoms with Crippen LogP contribution in [0.1, 0.15) is 38.4 Å². The number of hydrogen-bond acceptors (Lipinski definition) is 3. The van der Waals surface area contributed by atoms with Crippen molar-refractivity contribution >= 4 is 0 Å². The Morgan fingerprint density at radius 3 is 2.30 bits per heavy atom. The average Bonchev–Trinajstić information content (AvgIpc) is 2.44. The summed E-state index contributed by atoms with van der Waals surface area (Å²) in [4.78, 5) is 0. The number of hydrogen-bond donors (Lipinski definition) is 1.